The summed E-state index contributed by atoms with van der Waals surface area (Å²) < 4.78 is 5.33. The molecule has 0 radical (unpaired) electrons. The van der Waals surface area contributed by atoms with Crippen molar-refractivity contribution in [2.75, 3.05) is 0 Å². The Balaban J connectivity index is 2.63. The number of benzene rings is 1. The van der Waals surface area contributed by atoms with Crippen LogP contribution in [0.5, 0.6) is 0 Å². The second-order valence-electron chi connectivity index (χ2n) is 5.88. The third kappa shape index (κ3) is 5.02. The minimum Gasteiger partial charge on any atom is -0.459 e. The Morgan fingerprint density at radius 3 is 2.25 bits per heavy atom. The first kappa shape index (κ1) is 16.2. The van der Waals surface area contributed by atoms with Gasteiger partial charge in [0, 0.05) is 6.04 Å². The Hall–Kier alpha value is -1.86. The summed E-state index contributed by atoms with van der Waals surface area (Å²) in [4.78, 5) is 11.9. The average molecular weight is 274 g/mol. The van der Waals surface area contributed by atoms with Gasteiger partial charge >= 0.3 is 5.97 Å². The van der Waals surface area contributed by atoms with Crippen LogP contribution in [0, 0.1) is 11.3 Å². The van der Waals surface area contributed by atoms with Gasteiger partial charge in [0.25, 0.3) is 0 Å². The van der Waals surface area contributed by atoms with Crippen LogP contribution in [0.1, 0.15) is 51.8 Å². The van der Waals surface area contributed by atoms with E-state index < -0.39 is 5.60 Å². The van der Waals surface area contributed by atoms with E-state index in [4.69, 9.17) is 10.00 Å². The molecular formula is C16H22N2O2. The summed E-state index contributed by atoms with van der Waals surface area (Å²) in [6.45, 7) is 9.31. The Labute approximate surface area is 120 Å². The van der Waals surface area contributed by atoms with Gasteiger partial charge in [-0.05, 0) is 52.3 Å². The fraction of sp³-hybridized carbons (Fsp3) is 0.500. The largest absolute Gasteiger partial charge is 0.459 e. The molecule has 20 heavy (non-hydrogen) atoms. The van der Waals surface area contributed by atoms with Crippen LogP contribution in [0.25, 0.3) is 0 Å². The van der Waals surface area contributed by atoms with E-state index in [1.54, 1.807) is 19.1 Å². The summed E-state index contributed by atoms with van der Waals surface area (Å²) in [6, 6.07) is 9.01. The van der Waals surface area contributed by atoms with Crippen molar-refractivity contribution in [3.8, 4) is 6.07 Å². The summed E-state index contributed by atoms with van der Waals surface area (Å²) in [5.74, 6) is -0.266. The lowest BCUT2D eigenvalue weighted by Crippen LogP contribution is -2.40. The molecule has 0 saturated heterocycles. The molecule has 4 nitrogen and oxygen atoms in total. The molecular weight excluding hydrogens is 252 g/mol. The normalized spacial score (nSPS) is 14.2. The molecule has 4 heteroatoms. The zero-order chi connectivity index (χ0) is 15.3. The van der Waals surface area contributed by atoms with Gasteiger partial charge in [-0.3, -0.25) is 10.1 Å². The maximum Gasteiger partial charge on any atom is 0.323 e. The quantitative estimate of drug-likeness (QED) is 0.857. The molecule has 0 aliphatic heterocycles. The Morgan fingerprint density at radius 2 is 1.80 bits per heavy atom. The van der Waals surface area contributed by atoms with Gasteiger partial charge in [0.2, 0.25) is 0 Å². The molecule has 0 aromatic heterocycles. The van der Waals surface area contributed by atoms with E-state index in [1.807, 2.05) is 39.8 Å². The fourth-order valence-electron chi connectivity index (χ4n) is 1.78. The van der Waals surface area contributed by atoms with Crippen LogP contribution in [-0.4, -0.2) is 17.6 Å². The van der Waals surface area contributed by atoms with Crippen molar-refractivity contribution in [1.29, 1.82) is 5.26 Å². The van der Waals surface area contributed by atoms with Crippen molar-refractivity contribution in [1.82, 2.24) is 5.32 Å². The van der Waals surface area contributed by atoms with Gasteiger partial charge in [-0.1, -0.05) is 12.1 Å². The zero-order valence-corrected chi connectivity index (χ0v) is 12.7. The Morgan fingerprint density at radius 1 is 1.25 bits per heavy atom. The third-order valence-electron chi connectivity index (χ3n) is 2.80. The maximum absolute atomic E-state index is 11.9. The molecule has 2 unspecified atom stereocenters. The van der Waals surface area contributed by atoms with Crippen LogP contribution in [0.15, 0.2) is 24.3 Å². The molecule has 0 bridgehead atoms. The number of nitrogens with zero attached hydrogens (tertiary/aromatic N) is 1. The summed E-state index contributed by atoms with van der Waals surface area (Å²) in [6.07, 6.45) is 0. The zero-order valence-electron chi connectivity index (χ0n) is 12.7. The molecule has 1 N–H and O–H groups in total. The van der Waals surface area contributed by atoms with E-state index in [-0.39, 0.29) is 18.1 Å². The lowest BCUT2D eigenvalue weighted by atomic mass is 10.1. The number of ether oxygens (including phenoxy) is 1. The van der Waals surface area contributed by atoms with Crippen molar-refractivity contribution in [3.63, 3.8) is 0 Å². The van der Waals surface area contributed by atoms with Crippen molar-refractivity contribution >= 4 is 5.97 Å². The van der Waals surface area contributed by atoms with Crippen molar-refractivity contribution in [3.05, 3.63) is 35.4 Å². The van der Waals surface area contributed by atoms with Gasteiger partial charge in [0.15, 0.2) is 0 Å². The van der Waals surface area contributed by atoms with Crippen molar-refractivity contribution < 1.29 is 9.53 Å². The fourth-order valence-corrected chi connectivity index (χ4v) is 1.78. The summed E-state index contributed by atoms with van der Waals surface area (Å²) in [5.41, 5.74) is 1.17. The summed E-state index contributed by atoms with van der Waals surface area (Å²) in [7, 11) is 0. The molecule has 0 aliphatic rings. The van der Waals surface area contributed by atoms with Gasteiger partial charge in [-0.15, -0.1) is 0 Å². The SMILES string of the molecule is CC(NC(C)c1ccc(C#N)cc1)C(=O)OC(C)(C)C. The first-order chi connectivity index (χ1) is 9.23. The molecule has 1 aromatic rings. The van der Waals surface area contributed by atoms with Gasteiger partial charge in [-0.25, -0.2) is 0 Å². The number of nitrogens with one attached hydrogen (secondary N) is 1. The van der Waals surface area contributed by atoms with Gasteiger partial charge in [0.1, 0.15) is 11.6 Å². The molecule has 0 heterocycles. The van der Waals surface area contributed by atoms with Crippen LogP contribution in [-0.2, 0) is 9.53 Å². The highest BCUT2D eigenvalue weighted by Crippen LogP contribution is 2.15. The lowest BCUT2D eigenvalue weighted by Gasteiger charge is -2.24. The number of hydrogen-bond acceptors (Lipinski definition) is 4. The predicted molar refractivity (Wildman–Crippen MR) is 78.0 cm³/mol. The summed E-state index contributed by atoms with van der Waals surface area (Å²) in [5, 5.41) is 12.0. The second-order valence-corrected chi connectivity index (χ2v) is 5.88. The highest BCUT2D eigenvalue weighted by molar-refractivity contribution is 5.75. The van der Waals surface area contributed by atoms with Crippen molar-refractivity contribution in [2.24, 2.45) is 0 Å². The standard InChI is InChI=1S/C16H22N2O2/c1-11(14-8-6-13(10-17)7-9-14)18-12(2)15(19)20-16(3,4)5/h6-9,11-12,18H,1-5H3. The highest BCUT2D eigenvalue weighted by Gasteiger charge is 2.22. The molecule has 0 spiro atoms. The lowest BCUT2D eigenvalue weighted by molar-refractivity contribution is -0.157. The number of nitriles is 1. The van der Waals surface area contributed by atoms with Crippen LogP contribution >= 0.6 is 0 Å². The number of hydrogen-bond donors (Lipinski definition) is 1. The maximum atomic E-state index is 11.9. The minimum atomic E-state index is -0.481. The summed E-state index contributed by atoms with van der Waals surface area (Å²) >= 11 is 0. The van der Waals surface area contributed by atoms with Crippen LogP contribution in [0.2, 0.25) is 0 Å². The topological polar surface area (TPSA) is 62.1 Å². The average Bonchev–Trinajstić information content (AvgIpc) is 2.36. The third-order valence-corrected chi connectivity index (χ3v) is 2.80. The van der Waals surface area contributed by atoms with Crippen LogP contribution in [0.4, 0.5) is 0 Å². The molecule has 2 atom stereocenters. The Kier molecular flexibility index (Phi) is 5.29. The molecule has 0 saturated carbocycles. The number of rotatable bonds is 4. The van der Waals surface area contributed by atoms with Gasteiger partial charge in [0.05, 0.1) is 11.6 Å². The molecule has 1 rings (SSSR count). The van der Waals surface area contributed by atoms with E-state index in [0.29, 0.717) is 5.56 Å². The van der Waals surface area contributed by atoms with E-state index in [2.05, 4.69) is 11.4 Å². The van der Waals surface area contributed by atoms with E-state index in [9.17, 15) is 4.79 Å². The van der Waals surface area contributed by atoms with Gasteiger partial charge in [-0.2, -0.15) is 5.26 Å². The highest BCUT2D eigenvalue weighted by atomic mass is 16.6. The molecule has 0 amide bonds. The first-order valence-electron chi connectivity index (χ1n) is 6.72. The van der Waals surface area contributed by atoms with Crippen molar-refractivity contribution in [2.45, 2.75) is 52.3 Å². The van der Waals surface area contributed by atoms with Crippen LogP contribution < -0.4 is 5.32 Å². The number of carbonyl (C=O) groups is 1. The molecule has 108 valence electrons. The minimum absolute atomic E-state index is 0.00487. The molecule has 0 fully saturated rings. The van der Waals surface area contributed by atoms with E-state index in [0.717, 1.165) is 5.56 Å². The number of carbonyl (C=O) groups excluding carboxylic acids is 1. The van der Waals surface area contributed by atoms with Crippen LogP contribution in [0.3, 0.4) is 0 Å². The predicted octanol–water partition coefficient (Wildman–Crippen LogP) is 2.94. The number of esters is 1. The van der Waals surface area contributed by atoms with E-state index >= 15 is 0 Å². The second kappa shape index (κ2) is 6.53. The smallest absolute Gasteiger partial charge is 0.323 e. The monoisotopic (exact) mass is 274 g/mol. The molecule has 0 aliphatic carbocycles. The first-order valence-corrected chi connectivity index (χ1v) is 6.72. The molecule has 1 aromatic carbocycles. The van der Waals surface area contributed by atoms with E-state index in [1.165, 1.54) is 0 Å². The van der Waals surface area contributed by atoms with Gasteiger partial charge < -0.3 is 4.74 Å². The Bertz CT molecular complexity index is 495.